The second kappa shape index (κ2) is 9.11. The number of unbranched alkanes of at least 4 members (excludes halogenated alkanes) is 2. The summed E-state index contributed by atoms with van der Waals surface area (Å²) in [6.45, 7) is 2.03. The van der Waals surface area contributed by atoms with Crippen LogP contribution in [0.5, 0.6) is 0 Å². The molecule has 0 saturated heterocycles. The lowest BCUT2D eigenvalue weighted by Crippen LogP contribution is -2.18. The van der Waals surface area contributed by atoms with Crippen molar-refractivity contribution in [3.8, 4) is 0 Å². The maximum atomic E-state index is 11.1. The van der Waals surface area contributed by atoms with Gasteiger partial charge >= 0.3 is 11.9 Å². The highest BCUT2D eigenvalue weighted by molar-refractivity contribution is 5.73. The Labute approximate surface area is 94.0 Å². The summed E-state index contributed by atoms with van der Waals surface area (Å²) < 4.78 is 0. The molecule has 0 aromatic heterocycles. The van der Waals surface area contributed by atoms with Crippen molar-refractivity contribution in [3.05, 3.63) is 0 Å². The van der Waals surface area contributed by atoms with Crippen molar-refractivity contribution in [3.63, 3.8) is 0 Å². The summed E-state index contributed by atoms with van der Waals surface area (Å²) >= 11 is 0. The molecule has 94 valence electrons. The number of rotatable bonds is 8. The van der Waals surface area contributed by atoms with Crippen LogP contribution in [0.15, 0.2) is 0 Å². The third kappa shape index (κ3) is 6.36. The minimum atomic E-state index is -0.800. The molecule has 0 aliphatic rings. The van der Waals surface area contributed by atoms with Gasteiger partial charge < -0.3 is 9.78 Å². The van der Waals surface area contributed by atoms with Crippen LogP contribution >= 0.6 is 0 Å². The molecule has 0 heterocycles. The van der Waals surface area contributed by atoms with Crippen LogP contribution in [-0.2, 0) is 19.4 Å². The van der Waals surface area contributed by atoms with Crippen molar-refractivity contribution in [1.29, 1.82) is 0 Å². The number of hydrogen-bond donors (Lipinski definition) is 2. The Kier molecular flexibility index (Phi) is 8.46. The van der Waals surface area contributed by atoms with Crippen LogP contribution in [0.3, 0.4) is 0 Å². The molecule has 0 bridgehead atoms. The van der Waals surface area contributed by atoms with E-state index in [2.05, 4.69) is 9.78 Å². The van der Waals surface area contributed by atoms with Gasteiger partial charge in [0.1, 0.15) is 0 Å². The highest BCUT2D eigenvalue weighted by Gasteiger charge is 2.21. The number of carbonyl (C=O) groups is 2. The van der Waals surface area contributed by atoms with Crippen molar-refractivity contribution in [2.45, 2.75) is 45.4 Å². The van der Waals surface area contributed by atoms with E-state index in [1.54, 1.807) is 0 Å². The Morgan fingerprint density at radius 3 is 2.31 bits per heavy atom. The molecule has 0 fully saturated rings. The quantitative estimate of drug-likeness (QED) is 0.379. The summed E-state index contributed by atoms with van der Waals surface area (Å²) in [6, 6.07) is 0. The van der Waals surface area contributed by atoms with Gasteiger partial charge in [0.05, 0.1) is 5.92 Å². The largest absolute Gasteiger partial charge is 0.345 e. The first-order valence-corrected chi connectivity index (χ1v) is 5.35. The van der Waals surface area contributed by atoms with E-state index in [9.17, 15) is 9.59 Å². The molecule has 16 heavy (non-hydrogen) atoms. The molecule has 0 aromatic rings. The fraction of sp³-hybridized carbons (Fsp3) is 0.800. The summed E-state index contributed by atoms with van der Waals surface area (Å²) in [5.41, 5.74) is 0. The summed E-state index contributed by atoms with van der Waals surface area (Å²) in [6.07, 6.45) is 3.47. The van der Waals surface area contributed by atoms with Gasteiger partial charge in [0, 0.05) is 6.42 Å². The van der Waals surface area contributed by atoms with E-state index in [0.717, 1.165) is 19.3 Å². The average Bonchev–Trinajstić information content (AvgIpc) is 2.32. The van der Waals surface area contributed by atoms with Crippen molar-refractivity contribution in [2.75, 3.05) is 0 Å². The van der Waals surface area contributed by atoms with Crippen molar-refractivity contribution < 1.29 is 29.9 Å². The molecule has 0 aliphatic carbocycles. The van der Waals surface area contributed by atoms with Gasteiger partial charge in [-0.2, -0.15) is 10.5 Å². The first-order chi connectivity index (χ1) is 7.65. The normalized spacial score (nSPS) is 11.9. The standard InChI is InChI=1S/C10H18O6/c1-2-3-4-5-8(10(12)16-14)6-7-9(11)15-13/h8,13-14H,2-7H2,1H3. The minimum absolute atomic E-state index is 0.0810. The maximum Gasteiger partial charge on any atom is 0.345 e. The minimum Gasteiger partial charge on any atom is -0.301 e. The molecule has 0 saturated carbocycles. The molecule has 0 aliphatic heterocycles. The molecular weight excluding hydrogens is 216 g/mol. The molecule has 2 N–H and O–H groups in total. The van der Waals surface area contributed by atoms with Gasteiger partial charge in [-0.1, -0.05) is 26.2 Å². The molecule has 0 amide bonds. The van der Waals surface area contributed by atoms with Crippen LogP contribution in [0.4, 0.5) is 0 Å². The molecule has 1 unspecified atom stereocenters. The Morgan fingerprint density at radius 2 is 1.81 bits per heavy atom. The Balaban J connectivity index is 4.00. The summed E-state index contributed by atoms with van der Waals surface area (Å²) in [4.78, 5) is 28.9. The highest BCUT2D eigenvalue weighted by Crippen LogP contribution is 2.17. The third-order valence-electron chi connectivity index (χ3n) is 2.38. The zero-order chi connectivity index (χ0) is 12.4. The van der Waals surface area contributed by atoms with Crippen LogP contribution in [0, 0.1) is 5.92 Å². The summed E-state index contributed by atoms with van der Waals surface area (Å²) in [7, 11) is 0. The zero-order valence-corrected chi connectivity index (χ0v) is 9.35. The predicted molar refractivity (Wildman–Crippen MR) is 54.3 cm³/mol. The molecule has 6 heteroatoms. The molecule has 0 radical (unpaired) electrons. The van der Waals surface area contributed by atoms with E-state index in [4.69, 9.17) is 10.5 Å². The zero-order valence-electron chi connectivity index (χ0n) is 9.35. The molecular formula is C10H18O6. The van der Waals surface area contributed by atoms with Crippen molar-refractivity contribution >= 4 is 11.9 Å². The smallest absolute Gasteiger partial charge is 0.301 e. The second-order valence-electron chi connectivity index (χ2n) is 3.60. The van der Waals surface area contributed by atoms with E-state index in [1.807, 2.05) is 6.92 Å². The SMILES string of the molecule is CCCCCC(CCC(=O)OO)C(=O)OO. The van der Waals surface area contributed by atoms with E-state index < -0.39 is 17.9 Å². The Hall–Kier alpha value is -1.14. The topological polar surface area (TPSA) is 93.1 Å². The van der Waals surface area contributed by atoms with Crippen LogP contribution in [0.2, 0.25) is 0 Å². The van der Waals surface area contributed by atoms with Gasteiger partial charge in [-0.25, -0.2) is 9.59 Å². The molecule has 6 nitrogen and oxygen atoms in total. The molecule has 1 atom stereocenters. The number of hydrogen-bond acceptors (Lipinski definition) is 6. The predicted octanol–water partition coefficient (Wildman–Crippen LogP) is 2.00. The van der Waals surface area contributed by atoms with Gasteiger partial charge in [-0.05, 0) is 12.8 Å². The lowest BCUT2D eigenvalue weighted by atomic mass is 9.96. The van der Waals surface area contributed by atoms with Crippen molar-refractivity contribution in [2.24, 2.45) is 5.92 Å². The third-order valence-corrected chi connectivity index (χ3v) is 2.38. The highest BCUT2D eigenvalue weighted by atomic mass is 17.1. The van der Waals surface area contributed by atoms with Gasteiger partial charge in [0.2, 0.25) is 0 Å². The van der Waals surface area contributed by atoms with Crippen LogP contribution in [0.25, 0.3) is 0 Å². The van der Waals surface area contributed by atoms with Crippen molar-refractivity contribution in [1.82, 2.24) is 0 Å². The summed E-state index contributed by atoms with van der Waals surface area (Å²) in [5.74, 6) is -2.08. The fourth-order valence-corrected chi connectivity index (χ4v) is 1.43. The Morgan fingerprint density at radius 1 is 1.12 bits per heavy atom. The Bertz CT molecular complexity index is 215. The van der Waals surface area contributed by atoms with Gasteiger partial charge in [-0.3, -0.25) is 0 Å². The first kappa shape index (κ1) is 14.9. The van der Waals surface area contributed by atoms with E-state index in [1.165, 1.54) is 0 Å². The van der Waals surface area contributed by atoms with E-state index in [0.29, 0.717) is 6.42 Å². The average molecular weight is 234 g/mol. The molecule has 0 aromatic carbocycles. The van der Waals surface area contributed by atoms with Crippen LogP contribution in [0.1, 0.15) is 45.4 Å². The fourth-order valence-electron chi connectivity index (χ4n) is 1.43. The molecule has 0 spiro atoms. The monoisotopic (exact) mass is 234 g/mol. The van der Waals surface area contributed by atoms with Crippen LogP contribution < -0.4 is 0 Å². The summed E-state index contributed by atoms with van der Waals surface area (Å²) in [5, 5.41) is 16.3. The maximum absolute atomic E-state index is 11.1. The second-order valence-corrected chi connectivity index (χ2v) is 3.60. The number of carbonyl (C=O) groups excluding carboxylic acids is 2. The lowest BCUT2D eigenvalue weighted by molar-refractivity contribution is -0.241. The van der Waals surface area contributed by atoms with Gasteiger partial charge in [0.25, 0.3) is 0 Å². The van der Waals surface area contributed by atoms with E-state index in [-0.39, 0.29) is 12.8 Å². The molecule has 0 rings (SSSR count). The van der Waals surface area contributed by atoms with Gasteiger partial charge in [-0.15, -0.1) is 0 Å². The van der Waals surface area contributed by atoms with E-state index >= 15 is 0 Å². The van der Waals surface area contributed by atoms with Crippen LogP contribution in [-0.4, -0.2) is 22.5 Å². The first-order valence-electron chi connectivity index (χ1n) is 5.35. The lowest BCUT2D eigenvalue weighted by Gasteiger charge is -2.11. The van der Waals surface area contributed by atoms with Gasteiger partial charge in [0.15, 0.2) is 0 Å².